The molecule has 1 rings (SSSR count). The highest BCUT2D eigenvalue weighted by Crippen LogP contribution is 2.25. The van der Waals surface area contributed by atoms with Gasteiger partial charge in [-0.05, 0) is 31.5 Å². The second kappa shape index (κ2) is 7.79. The fourth-order valence-corrected chi connectivity index (χ4v) is 1.71. The molecule has 0 aromatic heterocycles. The molecule has 0 N–H and O–H groups in total. The van der Waals surface area contributed by atoms with E-state index in [-0.39, 0.29) is 12.4 Å². The lowest BCUT2D eigenvalue weighted by Gasteiger charge is -2.10. The highest BCUT2D eigenvalue weighted by atomic mass is 35.5. The third-order valence-corrected chi connectivity index (χ3v) is 2.61. The second-order valence-electron chi connectivity index (χ2n) is 3.91. The molecular weight excluding hydrogens is 268 g/mol. The van der Waals surface area contributed by atoms with Gasteiger partial charge in [0.25, 0.3) is 0 Å². The van der Waals surface area contributed by atoms with E-state index in [2.05, 4.69) is 0 Å². The molecule has 0 fully saturated rings. The van der Waals surface area contributed by atoms with Gasteiger partial charge >= 0.3 is 5.97 Å². The van der Waals surface area contributed by atoms with Crippen molar-refractivity contribution in [3.05, 3.63) is 28.8 Å². The van der Waals surface area contributed by atoms with E-state index in [1.807, 2.05) is 6.92 Å². The van der Waals surface area contributed by atoms with E-state index in [4.69, 9.17) is 21.1 Å². The molecule has 4 nitrogen and oxygen atoms in total. The summed E-state index contributed by atoms with van der Waals surface area (Å²) in [6.45, 7) is 3.69. The number of hydrogen-bond donors (Lipinski definition) is 0. The average molecular weight is 285 g/mol. The third-order valence-electron chi connectivity index (χ3n) is 2.37. The van der Waals surface area contributed by atoms with Crippen LogP contribution < -0.4 is 4.74 Å². The predicted octanol–water partition coefficient (Wildman–Crippen LogP) is 3.26. The first-order chi connectivity index (χ1) is 9.08. The van der Waals surface area contributed by atoms with Gasteiger partial charge in [0.1, 0.15) is 5.75 Å². The van der Waals surface area contributed by atoms with Gasteiger partial charge in [-0.1, -0.05) is 18.5 Å². The number of benzene rings is 1. The van der Waals surface area contributed by atoms with Crippen LogP contribution in [0.3, 0.4) is 0 Å². The third kappa shape index (κ3) is 4.91. The molecule has 5 heteroatoms. The van der Waals surface area contributed by atoms with Crippen LogP contribution >= 0.6 is 11.6 Å². The van der Waals surface area contributed by atoms with Crippen LogP contribution in [0.2, 0.25) is 5.02 Å². The smallest absolute Gasteiger partial charge is 0.344 e. The van der Waals surface area contributed by atoms with Crippen LogP contribution in [0.25, 0.3) is 0 Å². The van der Waals surface area contributed by atoms with Crippen molar-refractivity contribution >= 4 is 23.4 Å². The minimum Gasteiger partial charge on any atom is -0.481 e. The molecule has 0 amide bonds. The number of Topliss-reactive ketones (excluding diaryl/α,β-unsaturated/α-hetero) is 1. The number of ether oxygens (including phenoxy) is 2. The highest BCUT2D eigenvalue weighted by Gasteiger charge is 2.14. The van der Waals surface area contributed by atoms with E-state index in [1.165, 1.54) is 6.07 Å². The van der Waals surface area contributed by atoms with Crippen LogP contribution in [0.5, 0.6) is 5.75 Å². The van der Waals surface area contributed by atoms with Crippen molar-refractivity contribution in [3.63, 3.8) is 0 Å². The summed E-state index contributed by atoms with van der Waals surface area (Å²) in [4.78, 5) is 23.2. The van der Waals surface area contributed by atoms with E-state index in [0.29, 0.717) is 29.4 Å². The largest absolute Gasteiger partial charge is 0.481 e. The van der Waals surface area contributed by atoms with Gasteiger partial charge in [-0.3, -0.25) is 4.79 Å². The van der Waals surface area contributed by atoms with Gasteiger partial charge in [0, 0.05) is 11.4 Å². The summed E-state index contributed by atoms with van der Waals surface area (Å²) >= 11 is 5.87. The van der Waals surface area contributed by atoms with Gasteiger partial charge in [0.05, 0.1) is 12.2 Å². The van der Waals surface area contributed by atoms with Crippen LogP contribution in [0.4, 0.5) is 0 Å². The molecule has 19 heavy (non-hydrogen) atoms. The molecule has 1 aromatic rings. The molecule has 0 aliphatic rings. The van der Waals surface area contributed by atoms with E-state index < -0.39 is 5.97 Å². The SMILES string of the molecule is CCCC(=O)c1ccc(Cl)cc1OCC(=O)OCC. The standard InChI is InChI=1S/C14H17ClO4/c1-3-5-12(16)11-7-6-10(15)8-13(11)19-9-14(17)18-4-2/h6-8H,3-5,9H2,1-2H3. The summed E-state index contributed by atoms with van der Waals surface area (Å²) < 4.78 is 10.1. The molecule has 0 aliphatic carbocycles. The van der Waals surface area contributed by atoms with Crippen LogP contribution in [-0.2, 0) is 9.53 Å². The Labute approximate surface area is 117 Å². The summed E-state index contributed by atoms with van der Waals surface area (Å²) in [5, 5.41) is 0.451. The maximum atomic E-state index is 11.9. The molecule has 0 bridgehead atoms. The molecule has 0 unspecified atom stereocenters. The number of hydrogen-bond acceptors (Lipinski definition) is 4. The maximum Gasteiger partial charge on any atom is 0.344 e. The summed E-state index contributed by atoms with van der Waals surface area (Å²) in [7, 11) is 0. The zero-order chi connectivity index (χ0) is 14.3. The molecule has 0 heterocycles. The fraction of sp³-hybridized carbons (Fsp3) is 0.429. The van der Waals surface area contributed by atoms with Crippen molar-refractivity contribution in [2.75, 3.05) is 13.2 Å². The lowest BCUT2D eigenvalue weighted by molar-refractivity contribution is -0.145. The van der Waals surface area contributed by atoms with Gasteiger partial charge in [0.15, 0.2) is 12.4 Å². The first-order valence-electron chi connectivity index (χ1n) is 6.19. The molecule has 0 atom stereocenters. The Morgan fingerprint density at radius 3 is 2.63 bits per heavy atom. The Balaban J connectivity index is 2.82. The molecule has 0 aliphatic heterocycles. The van der Waals surface area contributed by atoms with Crippen LogP contribution in [0.15, 0.2) is 18.2 Å². The molecule has 0 radical (unpaired) electrons. The van der Waals surface area contributed by atoms with Gasteiger partial charge in [-0.2, -0.15) is 0 Å². The Bertz CT molecular complexity index is 457. The molecule has 0 saturated carbocycles. The topological polar surface area (TPSA) is 52.6 Å². The van der Waals surface area contributed by atoms with Gasteiger partial charge in [0.2, 0.25) is 0 Å². The van der Waals surface area contributed by atoms with Crippen molar-refractivity contribution < 1.29 is 19.1 Å². The lowest BCUT2D eigenvalue weighted by Crippen LogP contribution is -2.16. The van der Waals surface area contributed by atoms with Crippen LogP contribution in [0.1, 0.15) is 37.0 Å². The number of rotatable bonds is 7. The normalized spacial score (nSPS) is 10.1. The van der Waals surface area contributed by atoms with Gasteiger partial charge < -0.3 is 9.47 Å². The van der Waals surface area contributed by atoms with Crippen molar-refractivity contribution in [2.45, 2.75) is 26.7 Å². The number of halogens is 1. The zero-order valence-electron chi connectivity index (χ0n) is 11.1. The Hall–Kier alpha value is -1.55. The van der Waals surface area contributed by atoms with Crippen LogP contribution in [0, 0.1) is 0 Å². The van der Waals surface area contributed by atoms with E-state index >= 15 is 0 Å². The highest BCUT2D eigenvalue weighted by molar-refractivity contribution is 6.30. The van der Waals surface area contributed by atoms with Crippen molar-refractivity contribution in [1.82, 2.24) is 0 Å². The summed E-state index contributed by atoms with van der Waals surface area (Å²) in [6.07, 6.45) is 1.18. The Kier molecular flexibility index (Phi) is 6.36. The van der Waals surface area contributed by atoms with E-state index in [1.54, 1.807) is 19.1 Å². The lowest BCUT2D eigenvalue weighted by atomic mass is 10.1. The first kappa shape index (κ1) is 15.5. The fourth-order valence-electron chi connectivity index (χ4n) is 1.55. The number of carbonyl (C=O) groups excluding carboxylic acids is 2. The Morgan fingerprint density at radius 2 is 2.00 bits per heavy atom. The average Bonchev–Trinajstić information content (AvgIpc) is 2.37. The zero-order valence-corrected chi connectivity index (χ0v) is 11.8. The van der Waals surface area contributed by atoms with E-state index in [9.17, 15) is 9.59 Å². The summed E-state index contributed by atoms with van der Waals surface area (Å²) in [5.74, 6) is -0.187. The Morgan fingerprint density at radius 1 is 1.26 bits per heavy atom. The van der Waals surface area contributed by atoms with Gasteiger partial charge in [-0.15, -0.1) is 0 Å². The number of carbonyl (C=O) groups is 2. The maximum absolute atomic E-state index is 11.9. The number of esters is 1. The number of ketones is 1. The van der Waals surface area contributed by atoms with Crippen molar-refractivity contribution in [2.24, 2.45) is 0 Å². The predicted molar refractivity (Wildman–Crippen MR) is 72.8 cm³/mol. The molecule has 1 aromatic carbocycles. The van der Waals surface area contributed by atoms with E-state index in [0.717, 1.165) is 6.42 Å². The van der Waals surface area contributed by atoms with Crippen LogP contribution in [-0.4, -0.2) is 25.0 Å². The summed E-state index contributed by atoms with van der Waals surface area (Å²) in [5.41, 5.74) is 0.440. The summed E-state index contributed by atoms with van der Waals surface area (Å²) in [6, 6.07) is 4.77. The van der Waals surface area contributed by atoms with Gasteiger partial charge in [-0.25, -0.2) is 4.79 Å². The quantitative estimate of drug-likeness (QED) is 0.570. The minimum absolute atomic E-state index is 0.0296. The molecule has 0 saturated heterocycles. The molecule has 0 spiro atoms. The molecular formula is C14H17ClO4. The monoisotopic (exact) mass is 284 g/mol. The van der Waals surface area contributed by atoms with Crippen molar-refractivity contribution in [3.8, 4) is 5.75 Å². The minimum atomic E-state index is -0.476. The molecule has 104 valence electrons. The van der Waals surface area contributed by atoms with Crippen molar-refractivity contribution in [1.29, 1.82) is 0 Å². The second-order valence-corrected chi connectivity index (χ2v) is 4.34. The first-order valence-corrected chi connectivity index (χ1v) is 6.57.